The van der Waals surface area contributed by atoms with Crippen molar-refractivity contribution in [1.82, 2.24) is 9.78 Å². The van der Waals surface area contributed by atoms with Gasteiger partial charge in [-0.25, -0.2) is 0 Å². The van der Waals surface area contributed by atoms with Gasteiger partial charge >= 0.3 is 0 Å². The summed E-state index contributed by atoms with van der Waals surface area (Å²) in [6, 6.07) is 5.07. The molecule has 0 spiro atoms. The zero-order valence-corrected chi connectivity index (χ0v) is 11.8. The minimum atomic E-state index is 0.464. The van der Waals surface area contributed by atoms with Gasteiger partial charge in [-0.3, -0.25) is 9.48 Å². The first-order chi connectivity index (χ1) is 8.04. The number of rotatable bonds is 2. The first kappa shape index (κ1) is 12.6. The third-order valence-corrected chi connectivity index (χ3v) is 3.80. The van der Waals surface area contributed by atoms with Gasteiger partial charge in [-0.1, -0.05) is 23.2 Å². The molecule has 0 bridgehead atoms. The van der Waals surface area contributed by atoms with Crippen LogP contribution in [0.3, 0.4) is 0 Å². The monoisotopic (exact) mass is 332 g/mol. The Kier molecular flexibility index (Phi) is 3.56. The zero-order chi connectivity index (χ0) is 12.6. The Morgan fingerprint density at radius 1 is 1.41 bits per heavy atom. The molecule has 0 unspecified atom stereocenters. The Hall–Kier alpha value is -0.840. The second kappa shape index (κ2) is 4.80. The predicted molar refractivity (Wildman–Crippen MR) is 71.8 cm³/mol. The summed E-state index contributed by atoms with van der Waals surface area (Å²) in [5.74, 6) is 0. The molecule has 0 aliphatic rings. The highest BCUT2D eigenvalue weighted by Gasteiger charge is 2.17. The fourth-order valence-electron chi connectivity index (χ4n) is 1.50. The van der Waals surface area contributed by atoms with Gasteiger partial charge < -0.3 is 0 Å². The number of aldehydes is 1. The van der Waals surface area contributed by atoms with E-state index in [1.807, 2.05) is 0 Å². The maximum absolute atomic E-state index is 11.1. The number of benzene rings is 1. The molecule has 2 rings (SSSR count). The number of halogens is 3. The van der Waals surface area contributed by atoms with E-state index in [1.54, 1.807) is 29.9 Å². The summed E-state index contributed by atoms with van der Waals surface area (Å²) in [6.07, 6.45) is 0.747. The number of hydrogen-bond acceptors (Lipinski definition) is 2. The van der Waals surface area contributed by atoms with Crippen LogP contribution in [-0.4, -0.2) is 16.1 Å². The van der Waals surface area contributed by atoms with Gasteiger partial charge in [0, 0.05) is 17.6 Å². The number of carbonyl (C=O) groups excluding carboxylic acids is 1. The second-order valence-corrected chi connectivity index (χ2v) is 5.01. The highest BCUT2D eigenvalue weighted by atomic mass is 79.9. The fourth-order valence-corrected chi connectivity index (χ4v) is 2.36. The van der Waals surface area contributed by atoms with Gasteiger partial charge in [-0.05, 0) is 34.1 Å². The minimum absolute atomic E-state index is 0.464. The molecule has 0 aliphatic heterocycles. The summed E-state index contributed by atoms with van der Waals surface area (Å²) in [6.45, 7) is 0. The predicted octanol–water partition coefficient (Wildman–Crippen LogP) is 3.97. The fraction of sp³-hybridized carbons (Fsp3) is 0.0909. The van der Waals surface area contributed by atoms with Gasteiger partial charge in [0.1, 0.15) is 10.3 Å². The molecule has 0 fully saturated rings. The van der Waals surface area contributed by atoms with Gasteiger partial charge in [0.25, 0.3) is 0 Å². The zero-order valence-electron chi connectivity index (χ0n) is 8.75. The molecule has 3 nitrogen and oxygen atoms in total. The largest absolute Gasteiger partial charge is 0.298 e. The average molecular weight is 334 g/mol. The van der Waals surface area contributed by atoms with Crippen molar-refractivity contribution in [3.05, 3.63) is 38.4 Å². The van der Waals surface area contributed by atoms with Crippen LogP contribution in [0, 0.1) is 0 Å². The standard InChI is InChI=1S/C11H7BrCl2N2O/c1-16-11(12)8(5-17)10(15-16)7-3-2-6(13)4-9(7)14/h2-5H,1H3. The summed E-state index contributed by atoms with van der Waals surface area (Å²) in [5.41, 5.74) is 1.69. The number of hydrogen-bond donors (Lipinski definition) is 0. The van der Waals surface area contributed by atoms with Gasteiger partial charge in [0.15, 0.2) is 6.29 Å². The molecular formula is C11H7BrCl2N2O. The van der Waals surface area contributed by atoms with Crippen molar-refractivity contribution in [2.24, 2.45) is 7.05 Å². The topological polar surface area (TPSA) is 34.9 Å². The van der Waals surface area contributed by atoms with Crippen LogP contribution in [0.15, 0.2) is 22.8 Å². The SMILES string of the molecule is Cn1nc(-c2ccc(Cl)cc2Cl)c(C=O)c1Br. The Bertz CT molecular complexity index is 595. The number of carbonyl (C=O) groups is 1. The van der Waals surface area contributed by atoms with E-state index in [0.717, 1.165) is 6.29 Å². The van der Waals surface area contributed by atoms with Gasteiger partial charge in [-0.2, -0.15) is 5.10 Å². The lowest BCUT2D eigenvalue weighted by Crippen LogP contribution is -1.90. The van der Waals surface area contributed by atoms with E-state index in [1.165, 1.54) is 0 Å². The summed E-state index contributed by atoms with van der Waals surface area (Å²) < 4.78 is 2.19. The molecule has 88 valence electrons. The molecule has 2 aromatic rings. The first-order valence-corrected chi connectivity index (χ1v) is 6.22. The van der Waals surface area contributed by atoms with Gasteiger partial charge in [-0.15, -0.1) is 0 Å². The molecule has 1 heterocycles. The molecule has 1 aromatic carbocycles. The molecule has 1 aromatic heterocycles. The lowest BCUT2D eigenvalue weighted by atomic mass is 10.1. The highest BCUT2D eigenvalue weighted by Crippen LogP contribution is 2.33. The quantitative estimate of drug-likeness (QED) is 0.779. The second-order valence-electron chi connectivity index (χ2n) is 3.42. The highest BCUT2D eigenvalue weighted by molar-refractivity contribution is 9.10. The molecule has 0 N–H and O–H groups in total. The number of nitrogens with zero attached hydrogens (tertiary/aromatic N) is 2. The van der Waals surface area contributed by atoms with E-state index >= 15 is 0 Å². The molecule has 0 amide bonds. The van der Waals surface area contributed by atoms with Gasteiger partial charge in [0.2, 0.25) is 0 Å². The first-order valence-electron chi connectivity index (χ1n) is 4.67. The number of aryl methyl sites for hydroxylation is 1. The number of aromatic nitrogens is 2. The average Bonchev–Trinajstić information content (AvgIpc) is 2.55. The van der Waals surface area contributed by atoms with Gasteiger partial charge in [0.05, 0.1) is 10.6 Å². The normalized spacial score (nSPS) is 10.6. The molecule has 0 saturated carbocycles. The van der Waals surface area contributed by atoms with E-state index in [9.17, 15) is 4.79 Å². The van der Waals surface area contributed by atoms with Crippen LogP contribution < -0.4 is 0 Å². The molecule has 0 saturated heterocycles. The summed E-state index contributed by atoms with van der Waals surface area (Å²) in [4.78, 5) is 11.1. The maximum Gasteiger partial charge on any atom is 0.155 e. The lowest BCUT2D eigenvalue weighted by Gasteiger charge is -2.01. The third-order valence-electron chi connectivity index (χ3n) is 2.32. The van der Waals surface area contributed by atoms with Crippen LogP contribution in [0.1, 0.15) is 10.4 Å². The maximum atomic E-state index is 11.1. The molecule has 6 heteroatoms. The van der Waals surface area contributed by atoms with Crippen molar-refractivity contribution in [2.45, 2.75) is 0 Å². The van der Waals surface area contributed by atoms with E-state index in [0.29, 0.717) is 31.5 Å². The van der Waals surface area contributed by atoms with Crippen molar-refractivity contribution in [2.75, 3.05) is 0 Å². The van der Waals surface area contributed by atoms with Crippen LogP contribution in [0.2, 0.25) is 10.0 Å². The molecule has 0 radical (unpaired) electrons. The van der Waals surface area contributed by atoms with Crippen LogP contribution >= 0.6 is 39.1 Å². The van der Waals surface area contributed by atoms with Crippen LogP contribution in [0.25, 0.3) is 11.3 Å². The summed E-state index contributed by atoms with van der Waals surface area (Å²) >= 11 is 15.2. The lowest BCUT2D eigenvalue weighted by molar-refractivity contribution is 0.112. The Morgan fingerprint density at radius 2 is 2.12 bits per heavy atom. The van der Waals surface area contributed by atoms with E-state index in [4.69, 9.17) is 23.2 Å². The van der Waals surface area contributed by atoms with E-state index < -0.39 is 0 Å². The van der Waals surface area contributed by atoms with E-state index in [-0.39, 0.29) is 0 Å². The van der Waals surface area contributed by atoms with Crippen molar-refractivity contribution in [3.8, 4) is 11.3 Å². The summed E-state index contributed by atoms with van der Waals surface area (Å²) in [7, 11) is 1.74. The van der Waals surface area contributed by atoms with Crippen LogP contribution in [-0.2, 0) is 7.05 Å². The molecule has 0 aliphatic carbocycles. The van der Waals surface area contributed by atoms with Crippen LogP contribution in [0.4, 0.5) is 0 Å². The molecule has 0 atom stereocenters. The van der Waals surface area contributed by atoms with Crippen LogP contribution in [0.5, 0.6) is 0 Å². The van der Waals surface area contributed by atoms with Crippen molar-refractivity contribution < 1.29 is 4.79 Å². The third kappa shape index (κ3) is 2.25. The smallest absolute Gasteiger partial charge is 0.155 e. The minimum Gasteiger partial charge on any atom is -0.298 e. The Labute approximate surface area is 116 Å². The van der Waals surface area contributed by atoms with Crippen molar-refractivity contribution in [3.63, 3.8) is 0 Å². The molecular weight excluding hydrogens is 327 g/mol. The van der Waals surface area contributed by atoms with E-state index in [2.05, 4.69) is 21.0 Å². The van der Waals surface area contributed by atoms with Crippen molar-refractivity contribution in [1.29, 1.82) is 0 Å². The molecule has 17 heavy (non-hydrogen) atoms. The Balaban J connectivity index is 2.68. The van der Waals surface area contributed by atoms with Crippen molar-refractivity contribution >= 4 is 45.4 Å². The Morgan fingerprint density at radius 3 is 2.71 bits per heavy atom. The summed E-state index contributed by atoms with van der Waals surface area (Å²) in [5, 5.41) is 5.26.